The third-order valence-corrected chi connectivity index (χ3v) is 4.29. The van der Waals surface area contributed by atoms with Gasteiger partial charge in [-0.2, -0.15) is 23.6 Å². The second kappa shape index (κ2) is 15.8. The van der Waals surface area contributed by atoms with E-state index in [2.05, 4.69) is 84.0 Å². The fraction of sp³-hybridized carbons (Fsp3) is 0.333. The van der Waals surface area contributed by atoms with Gasteiger partial charge in [0.15, 0.2) is 8.32 Å². The van der Waals surface area contributed by atoms with Gasteiger partial charge in [-0.1, -0.05) is 6.07 Å². The Morgan fingerprint density at radius 3 is 2.38 bits per heavy atom. The summed E-state index contributed by atoms with van der Waals surface area (Å²) < 4.78 is 7.83. The van der Waals surface area contributed by atoms with Crippen molar-refractivity contribution in [3.05, 3.63) is 66.3 Å². The van der Waals surface area contributed by atoms with E-state index in [1.54, 1.807) is 0 Å². The van der Waals surface area contributed by atoms with Gasteiger partial charge in [0.25, 0.3) is 0 Å². The first-order chi connectivity index (χ1) is 11.5. The molecule has 0 fully saturated rings. The van der Waals surface area contributed by atoms with E-state index >= 15 is 0 Å². The second-order valence-electron chi connectivity index (χ2n) is 6.46. The van der Waals surface area contributed by atoms with Crippen LogP contribution in [0.1, 0.15) is 19.8 Å². The van der Waals surface area contributed by atoms with Gasteiger partial charge in [0, 0.05) is 6.61 Å². The predicted octanol–water partition coefficient (Wildman–Crippen LogP) is -0.161. The molecule has 0 N–H and O–H groups in total. The van der Waals surface area contributed by atoms with E-state index < -0.39 is 8.32 Å². The second-order valence-corrected chi connectivity index (χ2v) is 12.4. The molecule has 2 aromatic rings. The van der Waals surface area contributed by atoms with E-state index in [1.165, 1.54) is 40.6 Å². The minimum atomic E-state index is -1.29. The van der Waals surface area contributed by atoms with Crippen molar-refractivity contribution >= 4 is 22.8 Å². The number of benzene rings is 1. The fourth-order valence-corrected chi connectivity index (χ4v) is 2.87. The van der Waals surface area contributed by atoms with Gasteiger partial charge in [0.05, 0.1) is 0 Å². The molecule has 0 aliphatic heterocycles. The van der Waals surface area contributed by atoms with Crippen LogP contribution in [-0.2, 0) is 28.7 Å². The van der Waals surface area contributed by atoms with E-state index in [1.807, 2.05) is 6.92 Å². The zero-order chi connectivity index (χ0) is 17.8. The van der Waals surface area contributed by atoms with E-state index in [-0.39, 0.29) is 24.8 Å². The van der Waals surface area contributed by atoms with Crippen LogP contribution in [0.3, 0.4) is 0 Å². The van der Waals surface area contributed by atoms with Gasteiger partial charge >= 0.3 is 34.9 Å². The number of hydrogen-bond donors (Lipinski definition) is 0. The van der Waals surface area contributed by atoms with E-state index in [9.17, 15) is 0 Å². The molecule has 26 heavy (non-hydrogen) atoms. The zero-order valence-electron chi connectivity index (χ0n) is 16.1. The van der Waals surface area contributed by atoms with Crippen molar-refractivity contribution in [3.63, 3.8) is 0 Å². The third-order valence-electron chi connectivity index (χ3n) is 3.22. The summed E-state index contributed by atoms with van der Waals surface area (Å²) in [4.78, 5) is 0. The summed E-state index contributed by atoms with van der Waals surface area (Å²) in [6.07, 6.45) is 9.59. The van der Waals surface area contributed by atoms with Crippen LogP contribution in [0.4, 0.5) is 0 Å². The maximum atomic E-state index is 5.74. The van der Waals surface area contributed by atoms with Gasteiger partial charge in [0.1, 0.15) is 0 Å². The van der Waals surface area contributed by atoms with E-state index in [4.69, 9.17) is 4.43 Å². The summed E-state index contributed by atoms with van der Waals surface area (Å²) >= 11 is 1.51. The van der Waals surface area contributed by atoms with Gasteiger partial charge in [-0.3, -0.25) is 6.08 Å². The van der Waals surface area contributed by atoms with Crippen molar-refractivity contribution in [2.45, 2.75) is 39.4 Å². The maximum absolute atomic E-state index is 5.74. The van der Waals surface area contributed by atoms with Crippen LogP contribution in [0.5, 0.6) is 0 Å². The Morgan fingerprint density at radius 2 is 1.85 bits per heavy atom. The van der Waals surface area contributed by atoms with Gasteiger partial charge in [0.2, 0.25) is 0 Å². The van der Waals surface area contributed by atoms with Crippen molar-refractivity contribution in [2.75, 3.05) is 6.61 Å². The first kappa shape index (κ1) is 28.0. The van der Waals surface area contributed by atoms with Gasteiger partial charge in [-0.15, -0.1) is 36.1 Å². The summed E-state index contributed by atoms with van der Waals surface area (Å²) in [5, 5.41) is 2.66. The minimum absolute atomic E-state index is 0. The van der Waals surface area contributed by atoms with Crippen LogP contribution in [0.15, 0.2) is 60.2 Å². The average molecular weight is 487 g/mol. The first-order valence-corrected chi connectivity index (χ1v) is 13.2. The molecule has 3 rings (SSSR count). The first-order valence-electron chi connectivity index (χ1n) is 8.42. The van der Waals surface area contributed by atoms with Crippen LogP contribution in [-0.4, -0.2) is 18.6 Å². The Kier molecular flexibility index (Phi) is 17.1. The van der Waals surface area contributed by atoms with Gasteiger partial charge in [-0.25, -0.2) is 11.6 Å². The van der Waals surface area contributed by atoms with Crippen molar-refractivity contribution in [1.82, 2.24) is 0 Å². The predicted molar refractivity (Wildman–Crippen MR) is 106 cm³/mol. The zero-order valence-corrected chi connectivity index (χ0v) is 21.0. The quantitative estimate of drug-likeness (QED) is 0.431. The smallest absolute Gasteiger partial charge is 0.183 e. The van der Waals surface area contributed by atoms with Crippen LogP contribution in [0.25, 0.3) is 10.8 Å². The molecule has 0 amide bonds. The molecule has 142 valence electrons. The molecule has 0 saturated heterocycles. The Balaban J connectivity index is 0. The summed E-state index contributed by atoms with van der Waals surface area (Å²) in [6.45, 7) is 9.56. The maximum Gasteiger partial charge on any atom is 0.183 e. The number of hydrogen-bond acceptors (Lipinski definition) is 1. The van der Waals surface area contributed by atoms with Crippen LogP contribution < -0.4 is 24.8 Å². The fourth-order valence-electron chi connectivity index (χ4n) is 2.16. The topological polar surface area (TPSA) is 9.23 Å². The molecule has 0 radical (unpaired) electrons. The molecule has 0 aromatic heterocycles. The molecule has 0 spiro atoms. The molecule has 0 bridgehead atoms. The van der Waals surface area contributed by atoms with Crippen molar-refractivity contribution in [2.24, 2.45) is 0 Å². The van der Waals surface area contributed by atoms with Crippen LogP contribution in [0, 0.1) is 6.08 Å². The monoisotopic (exact) mass is 484 g/mol. The Labute approximate surface area is 187 Å². The summed E-state index contributed by atoms with van der Waals surface area (Å²) in [5.74, 6) is 0. The molecule has 0 unspecified atom stereocenters. The molecule has 0 atom stereocenters. The standard InChI is InChI=1S/C10H17OSi.C9H7.C2H4.2ClH.Zr/c1-12(2,3)11-9-8-10-6-4-5-7-10;1-2-5-9-7-3-6-8(9)4-1;1-2;;;/h4,6H,5,8-9H2,1-3H3;1-7H;1H,2H3;2*1H;/q2*-1;;;;+2/p-2. The summed E-state index contributed by atoms with van der Waals surface area (Å²) in [7, 11) is -1.29. The number of allylic oxidation sites excluding steroid dienone is 3. The molecular weight excluding hydrogens is 458 g/mol. The Morgan fingerprint density at radius 1 is 1.19 bits per heavy atom. The Bertz CT molecular complexity index is 642. The van der Waals surface area contributed by atoms with E-state index in [0.717, 1.165) is 19.4 Å². The summed E-state index contributed by atoms with van der Waals surface area (Å²) in [5.41, 5.74) is 1.31. The SMILES string of the molecule is C[CH]=[Zr+2].C[Si](C)(C)OCCC1=[C-]CC=C1.[Cl-].[Cl-].c1ccc2[cH-]ccc2c1. The van der Waals surface area contributed by atoms with Crippen molar-refractivity contribution in [1.29, 1.82) is 0 Å². The Hall–Kier alpha value is -0.180. The molecule has 1 aliphatic carbocycles. The molecule has 2 aromatic carbocycles. The summed E-state index contributed by atoms with van der Waals surface area (Å²) in [6, 6.07) is 14.7. The minimum Gasteiger partial charge on any atom is -1.00 e. The average Bonchev–Trinajstić information content (AvgIpc) is 3.18. The molecular formula is C21H28Cl2OSiZr-2. The number of fused-ring (bicyclic) bond motifs is 1. The normalized spacial score (nSPS) is 11.8. The van der Waals surface area contributed by atoms with Crippen LogP contribution in [0.2, 0.25) is 19.6 Å². The van der Waals surface area contributed by atoms with E-state index in [0.29, 0.717) is 0 Å². The largest absolute Gasteiger partial charge is 1.00 e. The van der Waals surface area contributed by atoms with Gasteiger partial charge < -0.3 is 29.2 Å². The molecule has 1 aliphatic rings. The number of halogens is 2. The van der Waals surface area contributed by atoms with Crippen molar-refractivity contribution in [3.8, 4) is 0 Å². The van der Waals surface area contributed by atoms with Gasteiger partial charge in [-0.05, 0) is 26.1 Å². The molecule has 1 nitrogen and oxygen atoms in total. The van der Waals surface area contributed by atoms with Crippen LogP contribution >= 0.6 is 0 Å². The molecule has 0 saturated carbocycles. The third kappa shape index (κ3) is 13.1. The molecule has 0 heterocycles. The number of rotatable bonds is 4. The van der Waals surface area contributed by atoms with Crippen molar-refractivity contribution < 1.29 is 53.5 Å². The molecule has 5 heteroatoms.